The van der Waals surface area contributed by atoms with Crippen LogP contribution >= 0.6 is 0 Å². The number of hydrogen-bond acceptors (Lipinski definition) is 3. The molecule has 0 amide bonds. The molecule has 0 saturated heterocycles. The Balaban J connectivity index is 0.000000231. The molecule has 8 rings (SSSR count). The summed E-state index contributed by atoms with van der Waals surface area (Å²) in [4.78, 5) is 8.58. The van der Waals surface area contributed by atoms with Crippen LogP contribution in [0.4, 0.5) is 13.2 Å². The molecule has 0 atom stereocenters. The van der Waals surface area contributed by atoms with Gasteiger partial charge in [0, 0.05) is 61.1 Å². The molecule has 0 saturated carbocycles. The molecule has 299 valence electrons. The van der Waals surface area contributed by atoms with Crippen molar-refractivity contribution >= 4 is 32.7 Å². The Hall–Kier alpha value is -5.10. The molecule has 0 bridgehead atoms. The van der Waals surface area contributed by atoms with E-state index in [2.05, 4.69) is 22.1 Å². The smallest absolute Gasteiger partial charge is 0.394 e. The van der Waals surface area contributed by atoms with Crippen molar-refractivity contribution in [1.29, 1.82) is 0 Å². The van der Waals surface area contributed by atoms with Crippen LogP contribution in [-0.4, -0.2) is 16.1 Å². The van der Waals surface area contributed by atoms with E-state index in [9.17, 15) is 13.2 Å². The first-order chi connectivity index (χ1) is 32.2. The van der Waals surface area contributed by atoms with Crippen molar-refractivity contribution < 1.29 is 55.5 Å². The number of aryl methyl sites for hydroxylation is 3. The third-order valence-electron chi connectivity index (χ3n) is 9.36. The minimum atomic E-state index is -4.95. The second kappa shape index (κ2) is 16.6. The van der Waals surface area contributed by atoms with Crippen molar-refractivity contribution in [3.63, 3.8) is 0 Å². The van der Waals surface area contributed by atoms with E-state index in [1.807, 2.05) is 54.6 Å². The van der Waals surface area contributed by atoms with Crippen LogP contribution in [0.5, 0.6) is 0 Å². The fourth-order valence-electron chi connectivity index (χ4n) is 6.36. The second-order valence-corrected chi connectivity index (χ2v) is 15.3. The van der Waals surface area contributed by atoms with Crippen molar-refractivity contribution in [3.8, 4) is 33.6 Å². The average Bonchev–Trinajstić information content (AvgIpc) is 3.67. The largest absolute Gasteiger partial charge is 0.500 e. The maximum atomic E-state index is 13.9. The fourth-order valence-corrected chi connectivity index (χ4v) is 6.36. The molecular weight excluding hydrogens is 906 g/mol. The number of benzene rings is 5. The number of pyridine rings is 2. The number of alkyl halides is 3. The summed E-state index contributed by atoms with van der Waals surface area (Å²) in [5.41, 5.74) is -1.70. The second-order valence-electron chi connectivity index (χ2n) is 15.3. The predicted octanol–water partition coefficient (Wildman–Crippen LogP) is 14.5. The van der Waals surface area contributed by atoms with E-state index < -0.39 is 61.4 Å². The summed E-state index contributed by atoms with van der Waals surface area (Å²) in [6.07, 6.45) is -7.78. The van der Waals surface area contributed by atoms with E-state index >= 15 is 0 Å². The molecule has 8 aromatic rings. The van der Waals surface area contributed by atoms with Crippen molar-refractivity contribution in [1.82, 2.24) is 9.97 Å². The van der Waals surface area contributed by atoms with Gasteiger partial charge in [0.2, 0.25) is 0 Å². The summed E-state index contributed by atoms with van der Waals surface area (Å²) in [5, 5.41) is 3.37. The summed E-state index contributed by atoms with van der Waals surface area (Å²) in [7, 11) is 0. The van der Waals surface area contributed by atoms with Crippen molar-refractivity contribution in [3.05, 3.63) is 155 Å². The van der Waals surface area contributed by atoms with Gasteiger partial charge in [-0.15, -0.1) is 47.5 Å². The number of rotatable bonds is 6. The van der Waals surface area contributed by atoms with E-state index in [0.29, 0.717) is 41.7 Å². The van der Waals surface area contributed by atoms with E-state index in [-0.39, 0.29) is 53.7 Å². The average molecular weight is 966 g/mol. The number of fused-ring (bicyclic) bond motifs is 5. The third kappa shape index (κ3) is 8.96. The number of hydrogen-bond donors (Lipinski definition) is 0. The predicted molar refractivity (Wildman–Crippen MR) is 228 cm³/mol. The molecule has 3 heterocycles. The Labute approximate surface area is 371 Å². The number of nitrogens with zero attached hydrogens (tertiary/aromatic N) is 2. The molecule has 3 aromatic heterocycles. The number of halogens is 3. The van der Waals surface area contributed by atoms with Gasteiger partial charge in [-0.05, 0) is 70.9 Å². The van der Waals surface area contributed by atoms with Crippen LogP contribution in [0, 0.1) is 43.5 Å². The third-order valence-corrected chi connectivity index (χ3v) is 9.36. The van der Waals surface area contributed by atoms with Gasteiger partial charge >= 0.3 is 6.18 Å². The van der Waals surface area contributed by atoms with Crippen molar-refractivity contribution in [2.24, 2.45) is 10.8 Å². The fraction of sp³-hybridized carbons (Fsp3) is 0.255. The zero-order chi connectivity index (χ0) is 51.8. The zero-order valence-corrected chi connectivity index (χ0v) is 34.6. The molecule has 1 radical (unpaired) electrons. The van der Waals surface area contributed by atoms with E-state index in [1.165, 1.54) is 18.3 Å². The van der Waals surface area contributed by atoms with Gasteiger partial charge < -0.3 is 14.4 Å². The number of furan rings is 1. The van der Waals surface area contributed by atoms with Crippen molar-refractivity contribution in [2.45, 2.75) is 74.1 Å². The topological polar surface area (TPSA) is 38.9 Å². The molecule has 7 heteroatoms. The SMILES string of the molecule is [2H]C([2H])([2H])c1c[c-]c(-c2cc(C([2H])([2H])[2H])c(C([2H])([2H])C(C)(C)C)cn2)cc1-c1ccccc1.[2H]C([2H])([2H])c1cnc(-c2[c-]ccc3c2oc2c4ccccc4ccc32)cc1C([2H])([2H])C(C)(C)C(F)(F)F.[Ir]. The Morgan fingerprint density at radius 1 is 0.672 bits per heavy atom. The van der Waals surface area contributed by atoms with Crippen LogP contribution in [0.2, 0.25) is 0 Å². The molecule has 0 aliphatic carbocycles. The van der Waals surface area contributed by atoms with Gasteiger partial charge in [0.05, 0.1) is 11.0 Å². The Kier molecular flexibility index (Phi) is 8.13. The van der Waals surface area contributed by atoms with Crippen LogP contribution in [0.1, 0.15) is 80.3 Å². The van der Waals surface area contributed by atoms with Gasteiger partial charge in [0.25, 0.3) is 0 Å². The molecule has 0 aliphatic rings. The molecule has 58 heavy (non-hydrogen) atoms. The normalized spacial score (nSPS) is 16.5. The molecule has 0 unspecified atom stereocenters. The maximum Gasteiger partial charge on any atom is 0.394 e. The van der Waals surface area contributed by atoms with E-state index in [1.54, 1.807) is 51.1 Å². The monoisotopic (exact) mass is 966 g/mol. The summed E-state index contributed by atoms with van der Waals surface area (Å²) in [6.45, 7) is -1.26. The summed E-state index contributed by atoms with van der Waals surface area (Å²) < 4.78 is 153. The zero-order valence-electron chi connectivity index (χ0n) is 45.2. The first kappa shape index (κ1) is 28.3. The standard InChI is InChI=1S/C27H21F3NO.C24H26N.Ir/c1-16-15-31-23(13-18(16)14-26(2,3)27(28,29)30)22-10-6-9-20-21-12-11-17-7-4-5-8-19(17)24(21)32-25(20)22;1-17-11-12-20(14-22(17)19-9-7-6-8-10-19)23-13-18(2)21(16-25-23)15-24(3,4)5;/h4-9,11-13,15H,14H2,1-3H3;6-11,13-14,16H,15H2,1-5H3;/q2*-1;/i1D3,14D2;1D3,2D3,15D2;. The minimum Gasteiger partial charge on any atom is -0.500 e. The molecule has 3 nitrogen and oxygen atoms in total. The quantitative estimate of drug-likeness (QED) is 0.156. The summed E-state index contributed by atoms with van der Waals surface area (Å²) in [5.74, 6) is 0. The molecule has 0 spiro atoms. The van der Waals surface area contributed by atoms with Crippen LogP contribution < -0.4 is 0 Å². The molecule has 0 fully saturated rings. The Morgan fingerprint density at radius 3 is 2.10 bits per heavy atom. The van der Waals surface area contributed by atoms with E-state index in [4.69, 9.17) is 22.2 Å². The Bertz CT molecular complexity index is 3250. The van der Waals surface area contributed by atoms with Gasteiger partial charge in [-0.25, -0.2) is 0 Å². The van der Waals surface area contributed by atoms with Crippen molar-refractivity contribution in [2.75, 3.05) is 0 Å². The first-order valence-electron chi connectivity index (χ1n) is 24.6. The minimum absolute atomic E-state index is 0. The molecule has 0 aliphatic heterocycles. The van der Waals surface area contributed by atoms with Crippen LogP contribution in [0.15, 0.2) is 120 Å². The molecule has 0 N–H and O–H groups in total. The van der Waals surface area contributed by atoms with Gasteiger partial charge in [-0.2, -0.15) is 13.2 Å². The van der Waals surface area contributed by atoms with Gasteiger partial charge in [0.15, 0.2) is 0 Å². The maximum absolute atomic E-state index is 13.9. The van der Waals surface area contributed by atoms with Crippen LogP contribution in [0.3, 0.4) is 0 Å². The van der Waals surface area contributed by atoms with Gasteiger partial charge in [-0.3, -0.25) is 0 Å². The molecule has 5 aromatic carbocycles. The van der Waals surface area contributed by atoms with Crippen LogP contribution in [-0.2, 0) is 32.9 Å². The number of aromatic nitrogens is 2. The first-order valence-corrected chi connectivity index (χ1v) is 18.1. The molecular formula is C51H47F3IrN2O-2. The van der Waals surface area contributed by atoms with Gasteiger partial charge in [0.1, 0.15) is 5.58 Å². The van der Waals surface area contributed by atoms with E-state index in [0.717, 1.165) is 33.8 Å². The summed E-state index contributed by atoms with van der Waals surface area (Å²) >= 11 is 0. The van der Waals surface area contributed by atoms with Gasteiger partial charge in [-0.1, -0.05) is 142 Å². The van der Waals surface area contributed by atoms with Crippen LogP contribution in [0.25, 0.3) is 66.4 Å². The Morgan fingerprint density at radius 2 is 1.38 bits per heavy atom. The summed E-state index contributed by atoms with van der Waals surface area (Å²) in [6, 6.07) is 35.4.